The van der Waals surface area contributed by atoms with E-state index < -0.39 is 5.97 Å². The molecule has 0 atom stereocenters. The molecule has 0 N–H and O–H groups in total. The van der Waals surface area contributed by atoms with E-state index in [4.69, 9.17) is 14.7 Å². The Kier molecular flexibility index (Phi) is 5.12. The third-order valence-corrected chi connectivity index (χ3v) is 3.32. The van der Waals surface area contributed by atoms with Gasteiger partial charge in [-0.3, -0.25) is 0 Å². The number of hydrogen-bond acceptors (Lipinski definition) is 5. The lowest BCUT2D eigenvalue weighted by Crippen LogP contribution is -2.18. The first-order valence-electron chi connectivity index (χ1n) is 6.47. The first-order valence-corrected chi connectivity index (χ1v) is 7.26. The normalized spacial score (nSPS) is 9.91. The summed E-state index contributed by atoms with van der Waals surface area (Å²) in [5, 5.41) is 9.13. The molecule has 0 bridgehead atoms. The molecule has 1 aromatic carbocycles. The summed E-state index contributed by atoms with van der Waals surface area (Å²) in [5.41, 5.74) is 1.79. The van der Waals surface area contributed by atoms with Crippen molar-refractivity contribution in [2.75, 3.05) is 6.61 Å². The molecule has 0 aliphatic rings. The van der Waals surface area contributed by atoms with Crippen LogP contribution in [0.1, 0.15) is 16.8 Å². The lowest BCUT2D eigenvalue weighted by atomic mass is 10.1. The highest BCUT2D eigenvalue weighted by Crippen LogP contribution is 2.20. The Labute approximate surface area is 136 Å². The molecule has 112 valence electrons. The van der Waals surface area contributed by atoms with Crippen molar-refractivity contribution in [3.63, 3.8) is 0 Å². The van der Waals surface area contributed by atoms with E-state index in [1.165, 1.54) is 0 Å². The zero-order valence-corrected chi connectivity index (χ0v) is 13.7. The second-order valence-electron chi connectivity index (χ2n) is 4.59. The standard InChI is InChI=1S/C16H13BrN2O3/c1-10-7-11(2)19-16(14(10)8-18)21-9-15(20)22-13-5-3-12(17)4-6-13/h3-7H,9H2,1-2H3. The van der Waals surface area contributed by atoms with Crippen LogP contribution in [0.25, 0.3) is 0 Å². The van der Waals surface area contributed by atoms with Gasteiger partial charge in [-0.2, -0.15) is 5.26 Å². The van der Waals surface area contributed by atoms with Crippen molar-refractivity contribution in [2.45, 2.75) is 13.8 Å². The van der Waals surface area contributed by atoms with Gasteiger partial charge in [-0.15, -0.1) is 0 Å². The van der Waals surface area contributed by atoms with Crippen molar-refractivity contribution in [1.82, 2.24) is 4.98 Å². The van der Waals surface area contributed by atoms with Crippen LogP contribution in [0.4, 0.5) is 0 Å². The number of nitriles is 1. The maximum atomic E-state index is 11.8. The largest absolute Gasteiger partial charge is 0.465 e. The summed E-state index contributed by atoms with van der Waals surface area (Å²) >= 11 is 3.30. The third kappa shape index (κ3) is 4.06. The highest BCUT2D eigenvalue weighted by Gasteiger charge is 2.13. The molecule has 0 saturated heterocycles. The number of benzene rings is 1. The third-order valence-electron chi connectivity index (χ3n) is 2.80. The van der Waals surface area contributed by atoms with Gasteiger partial charge in [0.2, 0.25) is 5.88 Å². The van der Waals surface area contributed by atoms with Crippen LogP contribution in [0.2, 0.25) is 0 Å². The summed E-state index contributed by atoms with van der Waals surface area (Å²) < 4.78 is 11.4. The van der Waals surface area contributed by atoms with Crippen LogP contribution in [0.5, 0.6) is 11.6 Å². The van der Waals surface area contributed by atoms with E-state index in [9.17, 15) is 4.79 Å². The number of pyridine rings is 1. The quantitative estimate of drug-likeness (QED) is 0.617. The molecular formula is C16H13BrN2O3. The molecule has 0 spiro atoms. The Morgan fingerprint density at radius 3 is 2.64 bits per heavy atom. The molecular weight excluding hydrogens is 348 g/mol. The Bertz CT molecular complexity index is 736. The van der Waals surface area contributed by atoms with Crippen molar-refractivity contribution in [1.29, 1.82) is 5.26 Å². The van der Waals surface area contributed by atoms with Crippen LogP contribution in [0.3, 0.4) is 0 Å². The van der Waals surface area contributed by atoms with Gasteiger partial charge in [-0.1, -0.05) is 15.9 Å². The van der Waals surface area contributed by atoms with E-state index in [-0.39, 0.29) is 12.5 Å². The van der Waals surface area contributed by atoms with E-state index in [2.05, 4.69) is 20.9 Å². The first-order chi connectivity index (χ1) is 10.5. The maximum absolute atomic E-state index is 11.8. The van der Waals surface area contributed by atoms with Crippen LogP contribution in [0.15, 0.2) is 34.8 Å². The average molecular weight is 361 g/mol. The zero-order valence-electron chi connectivity index (χ0n) is 12.1. The molecule has 1 heterocycles. The Hall–Kier alpha value is -2.39. The first kappa shape index (κ1) is 16.0. The molecule has 2 rings (SSSR count). The molecule has 0 radical (unpaired) electrons. The van der Waals surface area contributed by atoms with Gasteiger partial charge >= 0.3 is 5.97 Å². The number of aryl methyl sites for hydroxylation is 2. The number of aromatic nitrogens is 1. The molecule has 0 amide bonds. The Morgan fingerprint density at radius 2 is 2.00 bits per heavy atom. The monoisotopic (exact) mass is 360 g/mol. The molecule has 0 aliphatic heterocycles. The number of halogens is 1. The fourth-order valence-corrected chi connectivity index (χ4v) is 2.10. The van der Waals surface area contributed by atoms with Crippen molar-refractivity contribution >= 4 is 21.9 Å². The molecule has 5 nitrogen and oxygen atoms in total. The van der Waals surface area contributed by atoms with E-state index in [0.29, 0.717) is 17.0 Å². The Morgan fingerprint density at radius 1 is 1.32 bits per heavy atom. The maximum Gasteiger partial charge on any atom is 0.349 e. The average Bonchev–Trinajstić information content (AvgIpc) is 2.47. The summed E-state index contributed by atoms with van der Waals surface area (Å²) in [5.74, 6) is 0.00520. The summed E-state index contributed by atoms with van der Waals surface area (Å²) in [7, 11) is 0. The lowest BCUT2D eigenvalue weighted by Gasteiger charge is -2.09. The smallest absolute Gasteiger partial charge is 0.349 e. The number of esters is 1. The minimum absolute atomic E-state index is 0.146. The predicted molar refractivity (Wildman–Crippen MR) is 83.7 cm³/mol. The predicted octanol–water partition coefficient (Wildman–Crippen LogP) is 3.32. The van der Waals surface area contributed by atoms with Crippen LogP contribution < -0.4 is 9.47 Å². The Balaban J connectivity index is 2.02. The number of nitrogens with zero attached hydrogens (tertiary/aromatic N) is 2. The summed E-state index contributed by atoms with van der Waals surface area (Å²) in [6.07, 6.45) is 0. The van der Waals surface area contributed by atoms with E-state index >= 15 is 0 Å². The van der Waals surface area contributed by atoms with E-state index in [1.807, 2.05) is 6.07 Å². The second kappa shape index (κ2) is 7.05. The number of hydrogen-bond donors (Lipinski definition) is 0. The molecule has 0 fully saturated rings. The summed E-state index contributed by atoms with van der Waals surface area (Å²) in [4.78, 5) is 15.9. The minimum Gasteiger partial charge on any atom is -0.465 e. The highest BCUT2D eigenvalue weighted by molar-refractivity contribution is 9.10. The second-order valence-corrected chi connectivity index (χ2v) is 5.50. The fraction of sp³-hybridized carbons (Fsp3) is 0.188. The van der Waals surface area contributed by atoms with Crippen molar-refractivity contribution < 1.29 is 14.3 Å². The molecule has 22 heavy (non-hydrogen) atoms. The molecule has 0 aliphatic carbocycles. The van der Waals surface area contributed by atoms with Crippen molar-refractivity contribution in [2.24, 2.45) is 0 Å². The number of rotatable bonds is 4. The number of ether oxygens (including phenoxy) is 2. The van der Waals surface area contributed by atoms with Crippen LogP contribution in [-0.4, -0.2) is 17.6 Å². The van der Waals surface area contributed by atoms with Gasteiger partial charge in [-0.25, -0.2) is 9.78 Å². The van der Waals surface area contributed by atoms with E-state index in [0.717, 1.165) is 10.0 Å². The van der Waals surface area contributed by atoms with Gasteiger partial charge in [-0.05, 0) is 49.7 Å². The topological polar surface area (TPSA) is 72.2 Å². The number of carbonyl (C=O) groups excluding carboxylic acids is 1. The number of carbonyl (C=O) groups is 1. The molecule has 2 aromatic rings. The fourth-order valence-electron chi connectivity index (χ4n) is 1.83. The van der Waals surface area contributed by atoms with E-state index in [1.54, 1.807) is 44.2 Å². The SMILES string of the molecule is Cc1cc(C)c(C#N)c(OCC(=O)Oc2ccc(Br)cc2)n1. The van der Waals surface area contributed by atoms with Crippen LogP contribution in [-0.2, 0) is 4.79 Å². The van der Waals surface area contributed by atoms with Crippen molar-refractivity contribution in [3.8, 4) is 17.7 Å². The van der Waals surface area contributed by atoms with Gasteiger partial charge in [0.15, 0.2) is 6.61 Å². The zero-order chi connectivity index (χ0) is 16.1. The van der Waals surface area contributed by atoms with Gasteiger partial charge in [0.05, 0.1) is 0 Å². The summed E-state index contributed by atoms with van der Waals surface area (Å²) in [6.45, 7) is 3.27. The molecule has 6 heteroatoms. The summed E-state index contributed by atoms with van der Waals surface area (Å²) in [6, 6.07) is 10.7. The minimum atomic E-state index is -0.563. The van der Waals surface area contributed by atoms with Gasteiger partial charge < -0.3 is 9.47 Å². The van der Waals surface area contributed by atoms with Gasteiger partial charge in [0.25, 0.3) is 0 Å². The van der Waals surface area contributed by atoms with Crippen LogP contribution in [0, 0.1) is 25.2 Å². The lowest BCUT2D eigenvalue weighted by molar-refractivity contribution is -0.136. The molecule has 1 aromatic heterocycles. The van der Waals surface area contributed by atoms with Gasteiger partial charge in [0.1, 0.15) is 17.4 Å². The van der Waals surface area contributed by atoms with Gasteiger partial charge in [0, 0.05) is 10.2 Å². The van der Waals surface area contributed by atoms with Crippen LogP contribution >= 0.6 is 15.9 Å². The van der Waals surface area contributed by atoms with Crippen molar-refractivity contribution in [3.05, 3.63) is 51.6 Å². The molecule has 0 saturated carbocycles. The molecule has 0 unspecified atom stereocenters. The highest BCUT2D eigenvalue weighted by atomic mass is 79.9.